The van der Waals surface area contributed by atoms with Crippen LogP contribution in [0, 0.1) is 0 Å². The number of ether oxygens (including phenoxy) is 1. The van der Waals surface area contributed by atoms with Crippen molar-refractivity contribution in [2.75, 3.05) is 13.2 Å². The summed E-state index contributed by atoms with van der Waals surface area (Å²) in [6.07, 6.45) is -0.190. The molecular weight excluding hydrogens is 324 g/mol. The van der Waals surface area contributed by atoms with E-state index in [0.717, 1.165) is 0 Å². The predicted octanol–water partition coefficient (Wildman–Crippen LogP) is 1.20. The molecule has 0 saturated carbocycles. The highest BCUT2D eigenvalue weighted by molar-refractivity contribution is 9.10. The lowest BCUT2D eigenvalue weighted by atomic mass is 10.4. The molecule has 18 heavy (non-hydrogen) atoms. The van der Waals surface area contributed by atoms with Gasteiger partial charge in [0.15, 0.2) is 4.67 Å². The van der Waals surface area contributed by atoms with Crippen LogP contribution in [0.2, 0.25) is 0 Å². The normalized spacial score (nSPS) is 13.8. The van der Waals surface area contributed by atoms with Gasteiger partial charge in [0.25, 0.3) is 0 Å². The van der Waals surface area contributed by atoms with E-state index in [2.05, 4.69) is 20.7 Å². The molecule has 0 fully saturated rings. The first-order valence-corrected chi connectivity index (χ1v) is 7.77. The van der Waals surface area contributed by atoms with Gasteiger partial charge in [-0.05, 0) is 29.8 Å². The zero-order chi connectivity index (χ0) is 13.8. The molecule has 1 unspecified atom stereocenters. The van der Waals surface area contributed by atoms with Crippen LogP contribution < -0.4 is 10.5 Å². The van der Waals surface area contributed by atoms with Crippen molar-refractivity contribution in [3.05, 3.63) is 16.5 Å². The Hall–Kier alpha value is -0.410. The number of nitrogens with two attached hydrogens (primary N) is 1. The van der Waals surface area contributed by atoms with E-state index in [9.17, 15) is 8.42 Å². The summed E-state index contributed by atoms with van der Waals surface area (Å²) in [5, 5.41) is 0. The van der Waals surface area contributed by atoms with Crippen molar-refractivity contribution in [1.82, 2.24) is 4.72 Å². The van der Waals surface area contributed by atoms with Crippen molar-refractivity contribution in [3.63, 3.8) is 0 Å². The summed E-state index contributed by atoms with van der Waals surface area (Å²) in [6.45, 7) is 4.53. The zero-order valence-electron chi connectivity index (χ0n) is 10.3. The maximum absolute atomic E-state index is 12.0. The number of hydrogen-bond donors (Lipinski definition) is 2. The Morgan fingerprint density at radius 2 is 2.28 bits per heavy atom. The minimum absolute atomic E-state index is 0.0478. The zero-order valence-corrected chi connectivity index (χ0v) is 12.7. The molecule has 0 aliphatic carbocycles. The molecule has 1 aromatic heterocycles. The Kier molecular flexibility index (Phi) is 5.80. The fourth-order valence-corrected chi connectivity index (χ4v) is 3.44. The number of furan rings is 1. The topological polar surface area (TPSA) is 94.6 Å². The molecule has 1 heterocycles. The van der Waals surface area contributed by atoms with Crippen LogP contribution >= 0.6 is 15.9 Å². The van der Waals surface area contributed by atoms with Crippen molar-refractivity contribution in [3.8, 4) is 0 Å². The van der Waals surface area contributed by atoms with Gasteiger partial charge in [-0.25, -0.2) is 13.1 Å². The Balaban J connectivity index is 2.76. The van der Waals surface area contributed by atoms with Gasteiger partial charge in [-0.15, -0.1) is 0 Å². The largest absolute Gasteiger partial charge is 0.452 e. The van der Waals surface area contributed by atoms with Gasteiger partial charge in [0.05, 0.1) is 12.6 Å². The molecule has 1 aromatic rings. The first-order chi connectivity index (χ1) is 8.40. The quantitative estimate of drug-likeness (QED) is 0.777. The fourth-order valence-electron chi connectivity index (χ4n) is 1.33. The molecule has 3 N–H and O–H groups in total. The van der Waals surface area contributed by atoms with Crippen LogP contribution in [0.15, 0.2) is 20.0 Å². The summed E-state index contributed by atoms with van der Waals surface area (Å²) in [5.41, 5.74) is 5.39. The Morgan fingerprint density at radius 3 is 2.78 bits per heavy atom. The molecule has 0 saturated heterocycles. The summed E-state index contributed by atoms with van der Waals surface area (Å²) in [5.74, 6) is 0.403. The molecule has 0 aliphatic heterocycles. The van der Waals surface area contributed by atoms with Crippen molar-refractivity contribution in [1.29, 1.82) is 0 Å². The lowest BCUT2D eigenvalue weighted by Gasteiger charge is -2.12. The summed E-state index contributed by atoms with van der Waals surface area (Å²) >= 11 is 3.06. The average Bonchev–Trinajstić information content (AvgIpc) is 2.69. The average molecular weight is 341 g/mol. The van der Waals surface area contributed by atoms with Crippen molar-refractivity contribution < 1.29 is 17.6 Å². The molecule has 1 atom stereocenters. The minimum Gasteiger partial charge on any atom is -0.452 e. The van der Waals surface area contributed by atoms with E-state index < -0.39 is 10.0 Å². The van der Waals surface area contributed by atoms with E-state index in [0.29, 0.717) is 12.4 Å². The van der Waals surface area contributed by atoms with Crippen molar-refractivity contribution in [2.45, 2.75) is 31.4 Å². The van der Waals surface area contributed by atoms with E-state index in [4.69, 9.17) is 14.9 Å². The second-order valence-corrected chi connectivity index (χ2v) is 6.13. The smallest absolute Gasteiger partial charge is 0.245 e. The minimum atomic E-state index is -3.62. The molecule has 0 bridgehead atoms. The van der Waals surface area contributed by atoms with Crippen LogP contribution in [0.5, 0.6) is 0 Å². The van der Waals surface area contributed by atoms with Gasteiger partial charge in [0, 0.05) is 19.2 Å². The van der Waals surface area contributed by atoms with Gasteiger partial charge in [-0.2, -0.15) is 0 Å². The van der Waals surface area contributed by atoms with Crippen LogP contribution in [0.25, 0.3) is 0 Å². The Morgan fingerprint density at radius 1 is 1.61 bits per heavy atom. The molecule has 8 heteroatoms. The van der Waals surface area contributed by atoms with Gasteiger partial charge in [-0.3, -0.25) is 0 Å². The molecule has 0 radical (unpaired) electrons. The predicted molar refractivity (Wildman–Crippen MR) is 70.6 cm³/mol. The molecule has 0 aliphatic rings. The highest BCUT2D eigenvalue weighted by Gasteiger charge is 2.22. The van der Waals surface area contributed by atoms with Gasteiger partial charge >= 0.3 is 0 Å². The third-order valence-electron chi connectivity index (χ3n) is 2.21. The summed E-state index contributed by atoms with van der Waals surface area (Å²) < 4.78 is 37.0. The van der Waals surface area contributed by atoms with E-state index in [1.54, 1.807) is 6.92 Å². The van der Waals surface area contributed by atoms with Crippen LogP contribution in [-0.2, 0) is 21.3 Å². The maximum Gasteiger partial charge on any atom is 0.245 e. The van der Waals surface area contributed by atoms with Gasteiger partial charge < -0.3 is 14.9 Å². The van der Waals surface area contributed by atoms with Crippen LogP contribution in [-0.4, -0.2) is 27.7 Å². The summed E-state index contributed by atoms with van der Waals surface area (Å²) in [6, 6.07) is 1.40. The Bertz CT molecular complexity index is 486. The van der Waals surface area contributed by atoms with E-state index >= 15 is 0 Å². The summed E-state index contributed by atoms with van der Waals surface area (Å²) in [7, 11) is -3.62. The highest BCUT2D eigenvalue weighted by Crippen LogP contribution is 2.25. The monoisotopic (exact) mass is 340 g/mol. The third kappa shape index (κ3) is 4.06. The SMILES string of the molecule is CCOC(C)CNS(=O)(=O)c1cc(CN)oc1Br. The number of rotatable bonds is 7. The highest BCUT2D eigenvalue weighted by atomic mass is 79.9. The second kappa shape index (κ2) is 6.67. The van der Waals surface area contributed by atoms with Gasteiger partial charge in [0.2, 0.25) is 10.0 Å². The third-order valence-corrected chi connectivity index (χ3v) is 4.49. The lowest BCUT2D eigenvalue weighted by Crippen LogP contribution is -2.32. The molecule has 0 spiro atoms. The number of nitrogens with one attached hydrogen (secondary N) is 1. The van der Waals surface area contributed by atoms with Crippen LogP contribution in [0.4, 0.5) is 0 Å². The first-order valence-electron chi connectivity index (χ1n) is 5.50. The molecule has 0 amide bonds. The van der Waals surface area contributed by atoms with E-state index in [1.807, 2.05) is 6.92 Å². The number of sulfonamides is 1. The van der Waals surface area contributed by atoms with Crippen molar-refractivity contribution in [2.24, 2.45) is 5.73 Å². The maximum atomic E-state index is 12.0. The van der Waals surface area contributed by atoms with Crippen LogP contribution in [0.3, 0.4) is 0 Å². The van der Waals surface area contributed by atoms with E-state index in [1.165, 1.54) is 6.07 Å². The standard InChI is InChI=1S/C10H17BrN2O4S/c1-3-16-7(2)6-13-18(14,15)9-4-8(5-12)17-10(9)11/h4,7,13H,3,5-6,12H2,1-2H3. The second-order valence-electron chi connectivity index (χ2n) is 3.67. The fraction of sp³-hybridized carbons (Fsp3) is 0.600. The number of hydrogen-bond acceptors (Lipinski definition) is 5. The summed E-state index contributed by atoms with van der Waals surface area (Å²) in [4.78, 5) is 0.0478. The molecular formula is C10H17BrN2O4S. The van der Waals surface area contributed by atoms with E-state index in [-0.39, 0.29) is 28.8 Å². The Labute approximate surface area is 115 Å². The lowest BCUT2D eigenvalue weighted by molar-refractivity contribution is 0.0799. The molecule has 0 aromatic carbocycles. The van der Waals surface area contributed by atoms with Crippen molar-refractivity contribution >= 4 is 26.0 Å². The van der Waals surface area contributed by atoms with Gasteiger partial charge in [-0.1, -0.05) is 0 Å². The molecule has 6 nitrogen and oxygen atoms in total. The molecule has 104 valence electrons. The molecule has 1 rings (SSSR count). The van der Waals surface area contributed by atoms with Gasteiger partial charge in [0.1, 0.15) is 10.7 Å². The first kappa shape index (κ1) is 15.6. The number of halogens is 1. The van der Waals surface area contributed by atoms with Crippen LogP contribution in [0.1, 0.15) is 19.6 Å².